The fourth-order valence-corrected chi connectivity index (χ4v) is 3.56. The van der Waals surface area contributed by atoms with E-state index in [-0.39, 0.29) is 24.6 Å². The Morgan fingerprint density at radius 1 is 1.05 bits per heavy atom. The molecular weight excluding hydrogens is 286 g/mol. The highest BCUT2D eigenvalue weighted by atomic mass is 16.6. The number of cyclic esters (lactones) is 1. The van der Waals surface area contributed by atoms with E-state index < -0.39 is 6.09 Å². The van der Waals surface area contributed by atoms with Gasteiger partial charge in [-0.05, 0) is 25.7 Å². The molecule has 0 aromatic rings. The van der Waals surface area contributed by atoms with E-state index in [0.29, 0.717) is 32.0 Å². The Balaban J connectivity index is 1.47. The molecule has 3 rings (SSSR count). The molecule has 22 heavy (non-hydrogen) atoms. The van der Waals surface area contributed by atoms with Gasteiger partial charge >= 0.3 is 12.1 Å². The van der Waals surface area contributed by atoms with Crippen LogP contribution in [0.3, 0.4) is 0 Å². The first kappa shape index (κ1) is 15.1. The second kappa shape index (κ2) is 6.54. The second-order valence-electron chi connectivity index (χ2n) is 6.32. The summed E-state index contributed by atoms with van der Waals surface area (Å²) in [5.41, 5.74) is 0. The Bertz CT molecular complexity index is 438. The lowest BCUT2D eigenvalue weighted by atomic mass is 9.95. The first-order valence-corrected chi connectivity index (χ1v) is 8.19. The number of carbonyl (C=O) groups is 3. The number of nitrogens with zero attached hydrogens (tertiary/aromatic N) is 2. The summed E-state index contributed by atoms with van der Waals surface area (Å²) in [5.74, 6) is -0.268. The number of piperidine rings is 1. The summed E-state index contributed by atoms with van der Waals surface area (Å²) >= 11 is 0. The van der Waals surface area contributed by atoms with Crippen molar-refractivity contribution in [2.75, 3.05) is 19.7 Å². The summed E-state index contributed by atoms with van der Waals surface area (Å²) in [6.45, 7) is 0.988. The topological polar surface area (TPSA) is 79.0 Å². The van der Waals surface area contributed by atoms with Gasteiger partial charge in [0.1, 0.15) is 0 Å². The molecule has 122 valence electrons. The van der Waals surface area contributed by atoms with Gasteiger partial charge in [0.05, 0.1) is 0 Å². The SMILES string of the molecule is O=C(NC1CCCCC1)N1CCC(N2C(=O)COC2=O)CC1. The number of imide groups is 1. The van der Waals surface area contributed by atoms with Gasteiger partial charge in [-0.2, -0.15) is 0 Å². The summed E-state index contributed by atoms with van der Waals surface area (Å²) in [6, 6.07) is 0.149. The number of ether oxygens (including phenoxy) is 1. The van der Waals surface area contributed by atoms with Crippen LogP contribution in [0.25, 0.3) is 0 Å². The summed E-state index contributed by atoms with van der Waals surface area (Å²) in [5, 5.41) is 3.11. The molecule has 3 fully saturated rings. The maximum Gasteiger partial charge on any atom is 0.417 e. The number of nitrogens with one attached hydrogen (secondary N) is 1. The van der Waals surface area contributed by atoms with E-state index in [4.69, 9.17) is 4.74 Å². The van der Waals surface area contributed by atoms with Crippen LogP contribution in [0.15, 0.2) is 0 Å². The highest BCUT2D eigenvalue weighted by Gasteiger charge is 2.39. The van der Waals surface area contributed by atoms with Gasteiger partial charge in [-0.25, -0.2) is 14.5 Å². The number of hydrogen-bond donors (Lipinski definition) is 1. The van der Waals surface area contributed by atoms with Gasteiger partial charge in [0.2, 0.25) is 0 Å². The molecule has 0 unspecified atom stereocenters. The van der Waals surface area contributed by atoms with Gasteiger partial charge in [-0.15, -0.1) is 0 Å². The Hall–Kier alpha value is -1.79. The zero-order chi connectivity index (χ0) is 15.5. The largest absolute Gasteiger partial charge is 0.439 e. The predicted molar refractivity (Wildman–Crippen MR) is 78.2 cm³/mol. The summed E-state index contributed by atoms with van der Waals surface area (Å²) in [7, 11) is 0. The molecular formula is C15H23N3O4. The molecule has 0 spiro atoms. The van der Waals surface area contributed by atoms with Gasteiger partial charge in [-0.1, -0.05) is 19.3 Å². The molecule has 2 heterocycles. The van der Waals surface area contributed by atoms with Crippen molar-refractivity contribution < 1.29 is 19.1 Å². The van der Waals surface area contributed by atoms with Crippen LogP contribution in [-0.2, 0) is 9.53 Å². The molecule has 1 aliphatic carbocycles. The van der Waals surface area contributed by atoms with Crippen molar-refractivity contribution in [1.29, 1.82) is 0 Å². The average molecular weight is 309 g/mol. The first-order valence-electron chi connectivity index (χ1n) is 8.19. The molecule has 2 aliphatic heterocycles. The number of likely N-dealkylation sites (tertiary alicyclic amines) is 1. The first-order chi connectivity index (χ1) is 10.6. The van der Waals surface area contributed by atoms with Gasteiger partial charge in [-0.3, -0.25) is 4.79 Å². The Kier molecular flexibility index (Phi) is 4.49. The smallest absolute Gasteiger partial charge is 0.417 e. The maximum absolute atomic E-state index is 12.3. The van der Waals surface area contributed by atoms with E-state index in [1.54, 1.807) is 4.90 Å². The maximum atomic E-state index is 12.3. The van der Waals surface area contributed by atoms with E-state index >= 15 is 0 Å². The quantitative estimate of drug-likeness (QED) is 0.838. The van der Waals surface area contributed by atoms with Crippen molar-refractivity contribution in [2.24, 2.45) is 0 Å². The van der Waals surface area contributed by atoms with Crippen LogP contribution in [0, 0.1) is 0 Å². The van der Waals surface area contributed by atoms with Crippen molar-refractivity contribution in [3.63, 3.8) is 0 Å². The Morgan fingerprint density at radius 3 is 2.32 bits per heavy atom. The zero-order valence-corrected chi connectivity index (χ0v) is 12.8. The number of carbonyl (C=O) groups excluding carboxylic acids is 3. The van der Waals surface area contributed by atoms with E-state index in [1.807, 2.05) is 0 Å². The van der Waals surface area contributed by atoms with Crippen molar-refractivity contribution in [2.45, 2.75) is 57.0 Å². The van der Waals surface area contributed by atoms with E-state index in [2.05, 4.69) is 5.32 Å². The molecule has 4 amide bonds. The van der Waals surface area contributed by atoms with Crippen LogP contribution in [-0.4, -0.2) is 59.6 Å². The monoisotopic (exact) mass is 309 g/mol. The number of urea groups is 1. The average Bonchev–Trinajstić information content (AvgIpc) is 2.87. The third-order valence-electron chi connectivity index (χ3n) is 4.83. The van der Waals surface area contributed by atoms with Crippen molar-refractivity contribution in [1.82, 2.24) is 15.1 Å². The fraction of sp³-hybridized carbons (Fsp3) is 0.800. The lowest BCUT2D eigenvalue weighted by Crippen LogP contribution is -2.52. The minimum absolute atomic E-state index is 0.0133. The molecule has 7 nitrogen and oxygen atoms in total. The highest BCUT2D eigenvalue weighted by Crippen LogP contribution is 2.22. The standard InChI is InChI=1S/C15H23N3O4/c19-13-10-22-15(21)18(13)12-6-8-17(9-7-12)14(20)16-11-4-2-1-3-5-11/h11-12H,1-10H2,(H,16,20). The van der Waals surface area contributed by atoms with Crippen LogP contribution in [0.1, 0.15) is 44.9 Å². The number of hydrogen-bond acceptors (Lipinski definition) is 4. The molecule has 3 aliphatic rings. The molecule has 7 heteroatoms. The van der Waals surface area contributed by atoms with Crippen LogP contribution in [0.4, 0.5) is 9.59 Å². The van der Waals surface area contributed by atoms with Crippen molar-refractivity contribution in [3.8, 4) is 0 Å². The Morgan fingerprint density at radius 2 is 1.73 bits per heavy atom. The van der Waals surface area contributed by atoms with Crippen LogP contribution in [0.5, 0.6) is 0 Å². The molecule has 1 saturated carbocycles. The van der Waals surface area contributed by atoms with Crippen molar-refractivity contribution >= 4 is 18.0 Å². The molecule has 0 radical (unpaired) electrons. The molecule has 1 N–H and O–H groups in total. The molecule has 2 saturated heterocycles. The molecule has 0 aromatic heterocycles. The third kappa shape index (κ3) is 3.18. The second-order valence-corrected chi connectivity index (χ2v) is 6.32. The summed E-state index contributed by atoms with van der Waals surface area (Å²) in [4.78, 5) is 38.5. The van der Waals surface area contributed by atoms with Crippen LogP contribution in [0.2, 0.25) is 0 Å². The van der Waals surface area contributed by atoms with Crippen LogP contribution < -0.4 is 5.32 Å². The fourth-order valence-electron chi connectivity index (χ4n) is 3.56. The van der Waals surface area contributed by atoms with E-state index in [0.717, 1.165) is 12.8 Å². The predicted octanol–water partition coefficient (Wildman–Crippen LogP) is 1.47. The minimum Gasteiger partial charge on any atom is -0.439 e. The summed E-state index contributed by atoms with van der Waals surface area (Å²) in [6.07, 6.45) is 6.47. The van der Waals surface area contributed by atoms with Crippen molar-refractivity contribution in [3.05, 3.63) is 0 Å². The van der Waals surface area contributed by atoms with Gasteiger partial charge in [0.25, 0.3) is 5.91 Å². The number of amides is 4. The highest BCUT2D eigenvalue weighted by molar-refractivity contribution is 5.98. The normalized spacial score (nSPS) is 24.5. The van der Waals surface area contributed by atoms with E-state index in [1.165, 1.54) is 24.2 Å². The minimum atomic E-state index is -0.546. The van der Waals surface area contributed by atoms with Crippen LogP contribution >= 0.6 is 0 Å². The van der Waals surface area contributed by atoms with Gasteiger partial charge < -0.3 is 15.0 Å². The Labute approximate surface area is 129 Å². The summed E-state index contributed by atoms with van der Waals surface area (Å²) < 4.78 is 4.75. The molecule has 0 atom stereocenters. The van der Waals surface area contributed by atoms with Gasteiger partial charge in [0, 0.05) is 25.2 Å². The lowest BCUT2D eigenvalue weighted by molar-refractivity contribution is -0.127. The zero-order valence-electron chi connectivity index (χ0n) is 12.8. The number of rotatable bonds is 2. The molecule has 0 aromatic carbocycles. The molecule has 0 bridgehead atoms. The third-order valence-corrected chi connectivity index (χ3v) is 4.83. The van der Waals surface area contributed by atoms with E-state index in [9.17, 15) is 14.4 Å². The lowest BCUT2D eigenvalue weighted by Gasteiger charge is -2.35. The van der Waals surface area contributed by atoms with Gasteiger partial charge in [0.15, 0.2) is 6.61 Å².